The van der Waals surface area contributed by atoms with E-state index in [0.29, 0.717) is 60.3 Å². The maximum absolute atomic E-state index is 13.9. The number of aromatic nitrogens is 8. The molecule has 0 radical (unpaired) electrons. The number of fused-ring (bicyclic) bond motifs is 3. The molecular formula is C30H36F3N9O3Si. The first-order valence-corrected chi connectivity index (χ1v) is 18.9. The number of halogens is 3. The van der Waals surface area contributed by atoms with E-state index in [-0.39, 0.29) is 30.5 Å². The zero-order valence-corrected chi connectivity index (χ0v) is 27.2. The summed E-state index contributed by atoms with van der Waals surface area (Å²) in [4.78, 5) is 40.9. The number of anilines is 1. The smallest absolute Gasteiger partial charge is 0.361 e. The van der Waals surface area contributed by atoms with Crippen LogP contribution in [0.2, 0.25) is 25.7 Å². The highest BCUT2D eigenvalue weighted by Gasteiger charge is 2.34. The van der Waals surface area contributed by atoms with E-state index in [9.17, 15) is 22.8 Å². The fraction of sp³-hybridized carbons (Fsp3) is 0.467. The lowest BCUT2D eigenvalue weighted by molar-refractivity contribution is -0.141. The van der Waals surface area contributed by atoms with Crippen molar-refractivity contribution < 1.29 is 22.7 Å². The van der Waals surface area contributed by atoms with Gasteiger partial charge < -0.3 is 9.64 Å². The Balaban J connectivity index is 1.28. The van der Waals surface area contributed by atoms with Crippen LogP contribution in [0.1, 0.15) is 25.5 Å². The molecule has 6 heterocycles. The van der Waals surface area contributed by atoms with Gasteiger partial charge in [-0.3, -0.25) is 27.8 Å². The molecule has 1 amide bonds. The molecule has 0 spiro atoms. The van der Waals surface area contributed by atoms with Gasteiger partial charge >= 0.3 is 6.18 Å². The summed E-state index contributed by atoms with van der Waals surface area (Å²) in [7, 11) is -1.34. The van der Waals surface area contributed by atoms with Crippen LogP contribution in [-0.2, 0) is 35.5 Å². The molecule has 6 rings (SSSR count). The largest absolute Gasteiger partial charge is 0.433 e. The first kappa shape index (κ1) is 31.7. The first-order chi connectivity index (χ1) is 21.8. The molecule has 0 bridgehead atoms. The maximum Gasteiger partial charge on any atom is 0.433 e. The van der Waals surface area contributed by atoms with Crippen molar-refractivity contribution in [3.05, 3.63) is 59.2 Å². The predicted molar refractivity (Wildman–Crippen MR) is 168 cm³/mol. The van der Waals surface area contributed by atoms with Gasteiger partial charge in [-0.25, -0.2) is 15.0 Å². The summed E-state index contributed by atoms with van der Waals surface area (Å²) in [5, 5.41) is 4.54. The van der Waals surface area contributed by atoms with Gasteiger partial charge in [0.2, 0.25) is 11.7 Å². The number of ether oxygens (including phenoxy) is 1. The average Bonchev–Trinajstić information content (AvgIpc) is 3.78. The quantitative estimate of drug-likeness (QED) is 0.147. The van der Waals surface area contributed by atoms with Gasteiger partial charge in [-0.1, -0.05) is 26.6 Å². The Labute approximate surface area is 263 Å². The van der Waals surface area contributed by atoms with Crippen molar-refractivity contribution in [3.63, 3.8) is 0 Å². The third kappa shape index (κ3) is 6.22. The van der Waals surface area contributed by atoms with E-state index < -0.39 is 19.9 Å². The van der Waals surface area contributed by atoms with Crippen LogP contribution in [0.15, 0.2) is 47.9 Å². The molecule has 16 heteroatoms. The Kier molecular flexibility index (Phi) is 8.35. The van der Waals surface area contributed by atoms with Gasteiger partial charge in [0.15, 0.2) is 11.2 Å². The molecule has 0 N–H and O–H groups in total. The van der Waals surface area contributed by atoms with E-state index in [1.54, 1.807) is 32.4 Å². The number of alkyl halides is 3. The summed E-state index contributed by atoms with van der Waals surface area (Å²) >= 11 is 0. The highest BCUT2D eigenvalue weighted by atomic mass is 28.3. The monoisotopic (exact) mass is 655 g/mol. The number of carbonyl (C=O) groups excluding carboxylic acids is 1. The second-order valence-corrected chi connectivity index (χ2v) is 18.5. The van der Waals surface area contributed by atoms with Crippen LogP contribution in [0.4, 0.5) is 18.9 Å². The van der Waals surface area contributed by atoms with Gasteiger partial charge in [-0.05, 0) is 24.6 Å². The standard InChI is InChI=1S/C30H36F3N9O3Si/c1-5-9-40-28(44)25-27(39-10-8-34-29(39)40)37-26(42(25)19-45-11-12-46(2,3)4)21-14-36-38(18-21)16-20-13-24(43)41(17-20)22-6-7-23(35-15-22)30(31,32)33/h6-8,10,14-15,18,20H,5,9,11-13,16-17,19H2,1-4H3. The van der Waals surface area contributed by atoms with Gasteiger partial charge in [0, 0.05) is 65.2 Å². The zero-order valence-electron chi connectivity index (χ0n) is 26.2. The number of rotatable bonds is 11. The molecule has 1 atom stereocenters. The number of hydrogen-bond donors (Lipinski definition) is 0. The molecule has 12 nitrogen and oxygen atoms in total. The van der Waals surface area contributed by atoms with Gasteiger partial charge in [0.05, 0.1) is 23.6 Å². The molecule has 5 aromatic heterocycles. The topological polar surface area (TPSA) is 117 Å². The number of hydrogen-bond acceptors (Lipinski definition) is 7. The summed E-state index contributed by atoms with van der Waals surface area (Å²) in [6, 6.07) is 3.12. The molecular weight excluding hydrogens is 619 g/mol. The van der Waals surface area contributed by atoms with Gasteiger partial charge in [0.1, 0.15) is 18.2 Å². The molecule has 0 saturated carbocycles. The number of nitrogens with zero attached hydrogens (tertiary/aromatic N) is 9. The Bertz CT molecular complexity index is 1940. The minimum atomic E-state index is -4.55. The summed E-state index contributed by atoms with van der Waals surface area (Å²) < 4.78 is 52.0. The van der Waals surface area contributed by atoms with Crippen molar-refractivity contribution in [2.75, 3.05) is 18.1 Å². The van der Waals surface area contributed by atoms with Gasteiger partial charge in [0.25, 0.3) is 5.56 Å². The summed E-state index contributed by atoms with van der Waals surface area (Å²) in [5.41, 5.74) is 0.684. The fourth-order valence-electron chi connectivity index (χ4n) is 5.71. The minimum Gasteiger partial charge on any atom is -0.361 e. The molecule has 46 heavy (non-hydrogen) atoms. The Morgan fingerprint density at radius 2 is 1.89 bits per heavy atom. The maximum atomic E-state index is 13.9. The zero-order chi connectivity index (χ0) is 32.8. The lowest BCUT2D eigenvalue weighted by Gasteiger charge is -2.17. The van der Waals surface area contributed by atoms with Crippen molar-refractivity contribution in [2.45, 2.75) is 71.4 Å². The number of carbonyl (C=O) groups is 1. The minimum absolute atomic E-state index is 0.127. The van der Waals surface area contributed by atoms with Crippen molar-refractivity contribution in [2.24, 2.45) is 5.92 Å². The van der Waals surface area contributed by atoms with E-state index >= 15 is 0 Å². The molecule has 1 aliphatic heterocycles. The summed E-state index contributed by atoms with van der Waals surface area (Å²) in [5.74, 6) is 0.724. The number of imidazole rings is 2. The lowest BCUT2D eigenvalue weighted by atomic mass is 10.1. The predicted octanol–water partition coefficient (Wildman–Crippen LogP) is 4.90. The van der Waals surface area contributed by atoms with E-state index in [4.69, 9.17) is 9.72 Å². The summed E-state index contributed by atoms with van der Waals surface area (Å²) in [6.45, 7) is 10.8. The van der Waals surface area contributed by atoms with Crippen molar-refractivity contribution in [1.82, 2.24) is 38.3 Å². The first-order valence-electron chi connectivity index (χ1n) is 15.2. The molecule has 1 fully saturated rings. The van der Waals surface area contributed by atoms with E-state index in [0.717, 1.165) is 24.7 Å². The Hall–Kier alpha value is -4.31. The van der Waals surface area contributed by atoms with Crippen molar-refractivity contribution >= 4 is 36.6 Å². The summed E-state index contributed by atoms with van der Waals surface area (Å²) in [6.07, 6.45) is 4.43. The molecule has 1 saturated heterocycles. The number of aryl methyl sites for hydroxylation is 1. The lowest BCUT2D eigenvalue weighted by Crippen LogP contribution is -2.25. The van der Waals surface area contributed by atoms with Crippen LogP contribution in [0, 0.1) is 5.92 Å². The van der Waals surface area contributed by atoms with E-state index in [2.05, 4.69) is 34.7 Å². The average molecular weight is 656 g/mol. The Morgan fingerprint density at radius 1 is 1.09 bits per heavy atom. The van der Waals surface area contributed by atoms with Crippen LogP contribution >= 0.6 is 0 Å². The van der Waals surface area contributed by atoms with E-state index in [1.807, 2.05) is 17.5 Å². The highest BCUT2D eigenvalue weighted by Crippen LogP contribution is 2.31. The van der Waals surface area contributed by atoms with Crippen molar-refractivity contribution in [1.29, 1.82) is 0 Å². The van der Waals surface area contributed by atoms with Crippen LogP contribution in [0.25, 0.3) is 28.3 Å². The molecule has 0 aromatic carbocycles. The van der Waals surface area contributed by atoms with Crippen LogP contribution < -0.4 is 10.5 Å². The second-order valence-electron chi connectivity index (χ2n) is 12.9. The SMILES string of the molecule is CCCn1c(=O)c2c(nc(-c3cnn(CC4CC(=O)N(c5ccc(C(F)(F)F)nc5)C4)c3)n2COCC[Si](C)(C)C)n2ccnc12. The normalized spacial score (nSPS) is 16.0. The van der Waals surface area contributed by atoms with E-state index in [1.165, 1.54) is 11.0 Å². The van der Waals surface area contributed by atoms with Gasteiger partial charge in [-0.2, -0.15) is 18.3 Å². The van der Waals surface area contributed by atoms with Crippen LogP contribution in [0.3, 0.4) is 0 Å². The third-order valence-corrected chi connectivity index (χ3v) is 9.75. The Morgan fingerprint density at radius 3 is 2.59 bits per heavy atom. The third-order valence-electron chi connectivity index (χ3n) is 8.04. The molecule has 244 valence electrons. The molecule has 0 aliphatic carbocycles. The van der Waals surface area contributed by atoms with Crippen molar-refractivity contribution in [3.8, 4) is 11.4 Å². The van der Waals surface area contributed by atoms with Crippen LogP contribution in [0.5, 0.6) is 0 Å². The van der Waals surface area contributed by atoms with Gasteiger partial charge in [-0.15, -0.1) is 0 Å². The fourth-order valence-corrected chi connectivity index (χ4v) is 6.47. The number of amides is 1. The second kappa shape index (κ2) is 12.1. The van der Waals surface area contributed by atoms with Crippen LogP contribution in [-0.4, -0.2) is 65.4 Å². The molecule has 1 unspecified atom stereocenters. The highest BCUT2D eigenvalue weighted by molar-refractivity contribution is 6.76. The molecule has 1 aliphatic rings. The number of pyridine rings is 1. The molecule has 5 aromatic rings.